The summed E-state index contributed by atoms with van der Waals surface area (Å²) in [5.74, 6) is 9.48. The minimum Gasteiger partial charge on any atom is -0.377 e. The summed E-state index contributed by atoms with van der Waals surface area (Å²) in [5.41, 5.74) is 2.63. The molecule has 6 nitrogen and oxygen atoms in total. The Bertz CT molecular complexity index is 445. The van der Waals surface area contributed by atoms with Gasteiger partial charge in [-0.25, -0.2) is 15.8 Å². The van der Waals surface area contributed by atoms with Gasteiger partial charge in [0, 0.05) is 26.3 Å². The lowest BCUT2D eigenvalue weighted by Crippen LogP contribution is -2.29. The highest BCUT2D eigenvalue weighted by atomic mass is 16.5. The lowest BCUT2D eigenvalue weighted by molar-refractivity contribution is 0.178. The molecule has 20 heavy (non-hydrogen) atoms. The molecule has 0 aliphatic heterocycles. The van der Waals surface area contributed by atoms with E-state index in [2.05, 4.69) is 20.3 Å². The molecule has 0 amide bonds. The second-order valence-electron chi connectivity index (χ2n) is 5.90. The van der Waals surface area contributed by atoms with E-state index in [1.165, 1.54) is 25.7 Å². The van der Waals surface area contributed by atoms with Crippen molar-refractivity contribution in [3.8, 4) is 0 Å². The summed E-state index contributed by atoms with van der Waals surface area (Å²) in [7, 11) is 1.65. The smallest absolute Gasteiger partial charge is 0.158 e. The summed E-state index contributed by atoms with van der Waals surface area (Å²) in [4.78, 5) is 11.3. The maximum Gasteiger partial charge on any atom is 0.158 e. The fourth-order valence-corrected chi connectivity index (χ4v) is 2.40. The van der Waals surface area contributed by atoms with E-state index >= 15 is 0 Å². The number of nitrogens with two attached hydrogens (primary N) is 1. The third-order valence-electron chi connectivity index (χ3n) is 3.86. The molecule has 0 saturated heterocycles. The molecule has 6 heteroatoms. The van der Waals surface area contributed by atoms with Gasteiger partial charge in [-0.2, -0.15) is 0 Å². The molecular formula is C14H23N5O. The lowest BCUT2D eigenvalue weighted by Gasteiger charge is -2.24. The Hall–Kier alpha value is -1.40. The molecule has 2 fully saturated rings. The van der Waals surface area contributed by atoms with Crippen molar-refractivity contribution in [1.29, 1.82) is 0 Å². The Morgan fingerprint density at radius 2 is 1.90 bits per heavy atom. The third-order valence-corrected chi connectivity index (χ3v) is 3.86. The monoisotopic (exact) mass is 277 g/mol. The summed E-state index contributed by atoms with van der Waals surface area (Å²) >= 11 is 0. The molecule has 1 aromatic heterocycles. The molecule has 3 N–H and O–H groups in total. The van der Waals surface area contributed by atoms with Gasteiger partial charge in [-0.05, 0) is 37.5 Å². The van der Waals surface area contributed by atoms with Crippen LogP contribution in [0.4, 0.5) is 11.6 Å². The predicted octanol–water partition coefficient (Wildman–Crippen LogP) is 1.53. The van der Waals surface area contributed by atoms with Crippen LogP contribution in [0.25, 0.3) is 0 Å². The number of hydrogen-bond acceptors (Lipinski definition) is 6. The molecule has 110 valence electrons. The first kappa shape index (κ1) is 13.6. The Labute approximate surface area is 119 Å². The number of methoxy groups -OCH3 is 1. The summed E-state index contributed by atoms with van der Waals surface area (Å²) in [6.45, 7) is 2.61. The average Bonchev–Trinajstić information content (AvgIpc) is 3.33. The van der Waals surface area contributed by atoms with E-state index in [9.17, 15) is 0 Å². The van der Waals surface area contributed by atoms with E-state index in [1.54, 1.807) is 7.11 Å². The molecule has 0 radical (unpaired) electrons. The molecule has 0 atom stereocenters. The first-order valence-corrected chi connectivity index (χ1v) is 7.37. The first-order chi connectivity index (χ1) is 9.78. The second-order valence-corrected chi connectivity index (χ2v) is 5.90. The molecule has 0 spiro atoms. The zero-order chi connectivity index (χ0) is 13.9. The SMILES string of the molecule is COCc1nc(NN)cc(N(CC2CC2)CC2CC2)n1. The number of anilines is 2. The van der Waals surface area contributed by atoms with Gasteiger partial charge in [0.1, 0.15) is 18.2 Å². The highest BCUT2D eigenvalue weighted by Gasteiger charge is 2.30. The molecule has 0 aromatic carbocycles. The zero-order valence-electron chi connectivity index (χ0n) is 12.0. The van der Waals surface area contributed by atoms with Crippen LogP contribution in [0.5, 0.6) is 0 Å². The summed E-state index contributed by atoms with van der Waals surface area (Å²) in [6, 6.07) is 1.93. The molecule has 0 unspecified atom stereocenters. The van der Waals surface area contributed by atoms with Crippen LogP contribution in [0.2, 0.25) is 0 Å². The number of nitrogens with one attached hydrogen (secondary N) is 1. The van der Waals surface area contributed by atoms with Gasteiger partial charge in [0.15, 0.2) is 5.82 Å². The van der Waals surface area contributed by atoms with Crippen LogP contribution in [-0.4, -0.2) is 30.2 Å². The van der Waals surface area contributed by atoms with Gasteiger partial charge in [0.05, 0.1) is 0 Å². The zero-order valence-corrected chi connectivity index (χ0v) is 12.0. The standard InChI is InChI=1S/C14H23N5O/c1-20-9-13-16-12(18-15)6-14(17-13)19(7-10-2-3-10)8-11-4-5-11/h6,10-11H,2-5,7-9,15H2,1H3,(H,16,17,18). The highest BCUT2D eigenvalue weighted by Crippen LogP contribution is 2.35. The number of rotatable bonds is 8. The number of nitrogen functional groups attached to an aromatic ring is 1. The fraction of sp³-hybridized carbons (Fsp3) is 0.714. The Morgan fingerprint density at radius 1 is 1.25 bits per heavy atom. The first-order valence-electron chi connectivity index (χ1n) is 7.37. The van der Waals surface area contributed by atoms with E-state index in [0.29, 0.717) is 18.2 Å². The van der Waals surface area contributed by atoms with Crippen molar-refractivity contribution in [1.82, 2.24) is 9.97 Å². The van der Waals surface area contributed by atoms with E-state index < -0.39 is 0 Å². The predicted molar refractivity (Wildman–Crippen MR) is 78.2 cm³/mol. The second kappa shape index (κ2) is 5.93. The number of ether oxygens (including phenoxy) is 1. The maximum absolute atomic E-state index is 5.51. The summed E-state index contributed by atoms with van der Waals surface area (Å²) < 4.78 is 5.14. The van der Waals surface area contributed by atoms with Gasteiger partial charge in [-0.15, -0.1) is 0 Å². The van der Waals surface area contributed by atoms with E-state index in [-0.39, 0.29) is 0 Å². The van der Waals surface area contributed by atoms with Crippen molar-refractivity contribution in [2.45, 2.75) is 32.3 Å². The van der Waals surface area contributed by atoms with Crippen LogP contribution < -0.4 is 16.2 Å². The normalized spacial score (nSPS) is 18.1. The number of aromatic nitrogens is 2. The van der Waals surface area contributed by atoms with Gasteiger partial charge >= 0.3 is 0 Å². The lowest BCUT2D eigenvalue weighted by atomic mass is 10.3. The van der Waals surface area contributed by atoms with Gasteiger partial charge in [0.25, 0.3) is 0 Å². The number of hydrazine groups is 1. The minimum atomic E-state index is 0.406. The molecule has 3 rings (SSSR count). The molecule has 2 saturated carbocycles. The van der Waals surface area contributed by atoms with Gasteiger partial charge in [-0.1, -0.05) is 0 Å². The summed E-state index contributed by atoms with van der Waals surface area (Å²) in [6.07, 6.45) is 5.39. The van der Waals surface area contributed by atoms with E-state index in [4.69, 9.17) is 10.6 Å². The number of nitrogens with zero attached hydrogens (tertiary/aromatic N) is 3. The van der Waals surface area contributed by atoms with Crippen LogP contribution in [-0.2, 0) is 11.3 Å². The van der Waals surface area contributed by atoms with Gasteiger partial charge in [0.2, 0.25) is 0 Å². The van der Waals surface area contributed by atoms with Crippen molar-refractivity contribution in [2.24, 2.45) is 17.7 Å². The van der Waals surface area contributed by atoms with Crippen LogP contribution in [0, 0.1) is 11.8 Å². The van der Waals surface area contributed by atoms with Crippen molar-refractivity contribution < 1.29 is 4.74 Å². The fourth-order valence-electron chi connectivity index (χ4n) is 2.40. The minimum absolute atomic E-state index is 0.406. The largest absolute Gasteiger partial charge is 0.377 e. The summed E-state index contributed by atoms with van der Waals surface area (Å²) in [5, 5.41) is 0. The quantitative estimate of drug-likeness (QED) is 0.554. The molecule has 2 aliphatic carbocycles. The van der Waals surface area contributed by atoms with Crippen LogP contribution in [0.15, 0.2) is 6.07 Å². The van der Waals surface area contributed by atoms with E-state index in [0.717, 1.165) is 30.7 Å². The topological polar surface area (TPSA) is 76.3 Å². The van der Waals surface area contributed by atoms with Crippen molar-refractivity contribution in [3.63, 3.8) is 0 Å². The Balaban J connectivity index is 1.80. The molecule has 1 aromatic rings. The highest BCUT2D eigenvalue weighted by molar-refractivity contribution is 5.49. The van der Waals surface area contributed by atoms with E-state index in [1.807, 2.05) is 6.07 Å². The van der Waals surface area contributed by atoms with Crippen molar-refractivity contribution >= 4 is 11.6 Å². The average molecular weight is 277 g/mol. The Morgan fingerprint density at radius 3 is 2.40 bits per heavy atom. The van der Waals surface area contributed by atoms with Crippen LogP contribution in [0.3, 0.4) is 0 Å². The molecule has 2 aliphatic rings. The van der Waals surface area contributed by atoms with Crippen LogP contribution in [0.1, 0.15) is 31.5 Å². The number of hydrogen-bond donors (Lipinski definition) is 2. The van der Waals surface area contributed by atoms with Crippen LogP contribution >= 0.6 is 0 Å². The Kier molecular flexibility index (Phi) is 4.03. The molecular weight excluding hydrogens is 254 g/mol. The van der Waals surface area contributed by atoms with Crippen molar-refractivity contribution in [2.75, 3.05) is 30.5 Å². The molecule has 0 bridgehead atoms. The van der Waals surface area contributed by atoms with Crippen molar-refractivity contribution in [3.05, 3.63) is 11.9 Å². The van der Waals surface area contributed by atoms with Gasteiger partial charge in [-0.3, -0.25) is 0 Å². The van der Waals surface area contributed by atoms with Gasteiger partial charge < -0.3 is 15.1 Å². The molecule has 1 heterocycles. The third kappa shape index (κ3) is 3.58. The maximum atomic E-state index is 5.51.